The van der Waals surface area contributed by atoms with Crippen LogP contribution in [0.25, 0.3) is 0 Å². The molecule has 1 saturated carbocycles. The molecule has 2 atom stereocenters. The molecular formula is C19H25NO3. The van der Waals surface area contributed by atoms with Gasteiger partial charge in [-0.2, -0.15) is 0 Å². The molecule has 3 rings (SSSR count). The average molecular weight is 315 g/mol. The Bertz CT molecular complexity index is 578. The van der Waals surface area contributed by atoms with Gasteiger partial charge in [-0.3, -0.25) is 9.59 Å². The topological polar surface area (TPSA) is 55.4 Å². The first-order valence-corrected chi connectivity index (χ1v) is 8.70. The molecule has 0 aromatic heterocycles. The van der Waals surface area contributed by atoms with E-state index in [1.807, 2.05) is 19.1 Å². The zero-order valence-electron chi connectivity index (χ0n) is 13.7. The minimum Gasteiger partial charge on any atom is -0.492 e. The Morgan fingerprint density at radius 3 is 2.78 bits per heavy atom. The molecule has 1 heterocycles. The maximum atomic E-state index is 12.6. The summed E-state index contributed by atoms with van der Waals surface area (Å²) in [5.41, 5.74) is 0.593. The molecule has 1 N–H and O–H groups in total. The van der Waals surface area contributed by atoms with Gasteiger partial charge in [-0.15, -0.1) is 0 Å². The maximum Gasteiger partial charge on any atom is 0.223 e. The van der Waals surface area contributed by atoms with Gasteiger partial charge in [0.1, 0.15) is 5.75 Å². The molecule has 4 nitrogen and oxygen atoms in total. The van der Waals surface area contributed by atoms with Gasteiger partial charge < -0.3 is 10.1 Å². The van der Waals surface area contributed by atoms with Crippen molar-refractivity contribution >= 4 is 11.7 Å². The number of benzene rings is 1. The highest BCUT2D eigenvalue weighted by molar-refractivity contribution is 6.03. The standard InChI is InChI=1S/C19H25NO3/c1-13(19(22)20-11-14-7-3-2-4-8-14)16-12-23-17-10-6-5-9-15(17)18(16)21/h5-6,9-10,13-14,16H,2-4,7-8,11-12H2,1H3,(H,20,22). The molecule has 0 saturated heterocycles. The third-order valence-corrected chi connectivity index (χ3v) is 5.21. The third-order valence-electron chi connectivity index (χ3n) is 5.21. The van der Waals surface area contributed by atoms with E-state index in [1.165, 1.54) is 32.1 Å². The molecule has 1 aromatic rings. The lowest BCUT2D eigenvalue weighted by atomic mass is 9.84. The molecule has 2 unspecified atom stereocenters. The lowest BCUT2D eigenvalue weighted by Gasteiger charge is -2.28. The first kappa shape index (κ1) is 16.0. The summed E-state index contributed by atoms with van der Waals surface area (Å²) in [5.74, 6) is 0.460. The largest absolute Gasteiger partial charge is 0.492 e. The van der Waals surface area contributed by atoms with Gasteiger partial charge in [0.05, 0.1) is 18.1 Å². The fraction of sp³-hybridized carbons (Fsp3) is 0.579. The van der Waals surface area contributed by atoms with Crippen LogP contribution in [0.2, 0.25) is 0 Å². The van der Waals surface area contributed by atoms with Gasteiger partial charge in [-0.25, -0.2) is 0 Å². The van der Waals surface area contributed by atoms with E-state index >= 15 is 0 Å². The summed E-state index contributed by atoms with van der Waals surface area (Å²) in [5, 5.41) is 3.05. The minimum absolute atomic E-state index is 0.0205. The second-order valence-corrected chi connectivity index (χ2v) is 6.82. The van der Waals surface area contributed by atoms with Gasteiger partial charge in [-0.05, 0) is 30.9 Å². The van der Waals surface area contributed by atoms with Crippen LogP contribution in [0.4, 0.5) is 0 Å². The highest BCUT2D eigenvalue weighted by atomic mass is 16.5. The van der Waals surface area contributed by atoms with E-state index < -0.39 is 5.92 Å². The van der Waals surface area contributed by atoms with E-state index in [1.54, 1.807) is 12.1 Å². The smallest absolute Gasteiger partial charge is 0.223 e. The molecule has 1 aliphatic heterocycles. The summed E-state index contributed by atoms with van der Waals surface area (Å²) >= 11 is 0. The van der Waals surface area contributed by atoms with Crippen molar-refractivity contribution in [3.63, 3.8) is 0 Å². The Labute approximate surface area is 137 Å². The third kappa shape index (κ3) is 3.57. The average Bonchev–Trinajstić information content (AvgIpc) is 2.60. The van der Waals surface area contributed by atoms with Crippen LogP contribution in [0.5, 0.6) is 5.75 Å². The SMILES string of the molecule is CC(C(=O)NCC1CCCCC1)C1COc2ccccc2C1=O. The number of amides is 1. The zero-order chi connectivity index (χ0) is 16.2. The summed E-state index contributed by atoms with van der Waals surface area (Å²) in [6.07, 6.45) is 6.25. The quantitative estimate of drug-likeness (QED) is 0.928. The molecule has 2 aliphatic rings. The van der Waals surface area contributed by atoms with E-state index in [0.29, 0.717) is 17.2 Å². The summed E-state index contributed by atoms with van der Waals surface area (Å²) in [6.45, 7) is 2.85. The first-order valence-electron chi connectivity index (χ1n) is 8.70. The maximum absolute atomic E-state index is 12.6. The van der Waals surface area contributed by atoms with Gasteiger partial charge in [0.15, 0.2) is 5.78 Å². The summed E-state index contributed by atoms with van der Waals surface area (Å²) < 4.78 is 5.67. The number of rotatable bonds is 4. The van der Waals surface area contributed by atoms with Crippen molar-refractivity contribution in [1.29, 1.82) is 0 Å². The molecule has 1 aromatic carbocycles. The molecule has 23 heavy (non-hydrogen) atoms. The van der Waals surface area contributed by atoms with Crippen LogP contribution in [0.1, 0.15) is 49.4 Å². The second-order valence-electron chi connectivity index (χ2n) is 6.82. The van der Waals surface area contributed by atoms with E-state index in [-0.39, 0.29) is 24.2 Å². The van der Waals surface area contributed by atoms with Gasteiger partial charge in [-0.1, -0.05) is 38.3 Å². The van der Waals surface area contributed by atoms with Crippen molar-refractivity contribution in [2.45, 2.75) is 39.0 Å². The van der Waals surface area contributed by atoms with Crippen molar-refractivity contribution in [2.75, 3.05) is 13.2 Å². The molecule has 0 spiro atoms. The number of carbonyl (C=O) groups excluding carboxylic acids is 2. The van der Waals surface area contributed by atoms with Gasteiger partial charge in [0.25, 0.3) is 0 Å². The number of nitrogens with one attached hydrogen (secondary N) is 1. The van der Waals surface area contributed by atoms with Crippen LogP contribution < -0.4 is 10.1 Å². The van der Waals surface area contributed by atoms with Crippen LogP contribution in [-0.2, 0) is 4.79 Å². The lowest BCUT2D eigenvalue weighted by molar-refractivity contribution is -0.126. The Morgan fingerprint density at radius 1 is 1.26 bits per heavy atom. The van der Waals surface area contributed by atoms with Crippen LogP contribution in [-0.4, -0.2) is 24.8 Å². The van der Waals surface area contributed by atoms with Crippen molar-refractivity contribution in [1.82, 2.24) is 5.32 Å². The summed E-state index contributed by atoms with van der Waals surface area (Å²) in [6, 6.07) is 7.26. The van der Waals surface area contributed by atoms with Gasteiger partial charge in [0.2, 0.25) is 5.91 Å². The Hall–Kier alpha value is -1.84. The first-order chi connectivity index (χ1) is 11.2. The van der Waals surface area contributed by atoms with Crippen LogP contribution in [0.15, 0.2) is 24.3 Å². The molecule has 1 amide bonds. The number of ketones is 1. The number of Topliss-reactive ketones (excluding diaryl/α,β-unsaturated/α-hetero) is 1. The number of ether oxygens (including phenoxy) is 1. The summed E-state index contributed by atoms with van der Waals surface area (Å²) in [7, 11) is 0. The number of hydrogen-bond acceptors (Lipinski definition) is 3. The highest BCUT2D eigenvalue weighted by Gasteiger charge is 2.36. The Balaban J connectivity index is 1.58. The predicted octanol–water partition coefficient (Wildman–Crippen LogP) is 3.21. The van der Waals surface area contributed by atoms with Crippen molar-refractivity contribution in [3.05, 3.63) is 29.8 Å². The molecule has 1 fully saturated rings. The predicted molar refractivity (Wildman–Crippen MR) is 88.5 cm³/mol. The Morgan fingerprint density at radius 2 is 2.00 bits per heavy atom. The number of carbonyl (C=O) groups is 2. The van der Waals surface area contributed by atoms with Crippen molar-refractivity contribution < 1.29 is 14.3 Å². The second kappa shape index (κ2) is 7.16. The normalized spacial score (nSPS) is 22.8. The van der Waals surface area contributed by atoms with E-state index in [9.17, 15) is 9.59 Å². The van der Waals surface area contributed by atoms with E-state index in [2.05, 4.69) is 5.32 Å². The molecule has 1 aliphatic carbocycles. The fourth-order valence-corrected chi connectivity index (χ4v) is 3.60. The van der Waals surface area contributed by atoms with Crippen LogP contribution in [0, 0.1) is 17.8 Å². The molecule has 0 radical (unpaired) electrons. The molecular weight excluding hydrogens is 290 g/mol. The van der Waals surface area contributed by atoms with E-state index in [0.717, 1.165) is 6.54 Å². The zero-order valence-corrected chi connectivity index (χ0v) is 13.7. The summed E-state index contributed by atoms with van der Waals surface area (Å²) in [4.78, 5) is 25.0. The van der Waals surface area contributed by atoms with Crippen LogP contribution >= 0.6 is 0 Å². The lowest BCUT2D eigenvalue weighted by Crippen LogP contribution is -2.42. The number of fused-ring (bicyclic) bond motifs is 1. The Kier molecular flexibility index (Phi) is 4.99. The van der Waals surface area contributed by atoms with E-state index in [4.69, 9.17) is 4.74 Å². The number of hydrogen-bond donors (Lipinski definition) is 1. The highest BCUT2D eigenvalue weighted by Crippen LogP contribution is 2.30. The minimum atomic E-state index is -0.392. The van der Waals surface area contributed by atoms with Crippen molar-refractivity contribution in [3.8, 4) is 5.75 Å². The molecule has 4 heteroatoms. The van der Waals surface area contributed by atoms with Gasteiger partial charge >= 0.3 is 0 Å². The molecule has 124 valence electrons. The van der Waals surface area contributed by atoms with Crippen LogP contribution in [0.3, 0.4) is 0 Å². The van der Waals surface area contributed by atoms with Gasteiger partial charge in [0, 0.05) is 12.5 Å². The van der Waals surface area contributed by atoms with Crippen molar-refractivity contribution in [2.24, 2.45) is 17.8 Å². The number of para-hydroxylation sites is 1. The monoisotopic (exact) mass is 315 g/mol. The molecule has 0 bridgehead atoms. The fourth-order valence-electron chi connectivity index (χ4n) is 3.60.